The second-order valence-electron chi connectivity index (χ2n) is 5.10. The van der Waals surface area contributed by atoms with Gasteiger partial charge in [0.25, 0.3) is 0 Å². The Morgan fingerprint density at radius 1 is 1.15 bits per heavy atom. The van der Waals surface area contributed by atoms with Gasteiger partial charge in [-0.1, -0.05) is 0 Å². The minimum absolute atomic E-state index is 0.0356. The number of piperidine rings is 1. The number of nitrogens with zero attached hydrogens (tertiary/aromatic N) is 1. The van der Waals surface area contributed by atoms with E-state index in [9.17, 15) is 5.11 Å². The molecule has 1 saturated heterocycles. The largest absolute Gasteiger partial charge is 0.392 e. The first kappa shape index (κ1) is 8.25. The van der Waals surface area contributed by atoms with Gasteiger partial charge < -0.3 is 5.11 Å². The Hall–Kier alpha value is -0.0800. The number of rotatable bonds is 1. The Kier molecular flexibility index (Phi) is 1.88. The fraction of sp³-hybridized carbons (Fsp3) is 1.00. The molecule has 0 aromatic rings. The molecule has 4 atom stereocenters. The standard InChI is InChI=1S/C11H19NO/c13-9-2-1-5-12(7-9)11-4-3-8-6-10(8)11/h8-11,13H,1-7H2. The fourth-order valence-electron chi connectivity index (χ4n) is 3.41. The molecule has 0 radical (unpaired) electrons. The van der Waals surface area contributed by atoms with Crippen LogP contribution >= 0.6 is 0 Å². The van der Waals surface area contributed by atoms with Crippen molar-refractivity contribution in [3.63, 3.8) is 0 Å². The molecule has 2 saturated carbocycles. The highest BCUT2D eigenvalue weighted by molar-refractivity contribution is 5.02. The van der Waals surface area contributed by atoms with Crippen molar-refractivity contribution in [2.45, 2.75) is 44.2 Å². The van der Waals surface area contributed by atoms with Crippen LogP contribution in [0.25, 0.3) is 0 Å². The summed E-state index contributed by atoms with van der Waals surface area (Å²) in [5.74, 6) is 2.09. The molecule has 74 valence electrons. The topological polar surface area (TPSA) is 23.5 Å². The summed E-state index contributed by atoms with van der Waals surface area (Å²) in [5.41, 5.74) is 0. The number of likely N-dealkylation sites (tertiary alicyclic amines) is 1. The van der Waals surface area contributed by atoms with Crippen LogP contribution in [0.2, 0.25) is 0 Å². The number of fused-ring (bicyclic) bond motifs is 1. The number of β-amino-alcohol motifs (C(OH)–C–C–N with tert-alkyl or cyclic N) is 1. The fourth-order valence-corrected chi connectivity index (χ4v) is 3.41. The molecule has 0 aromatic carbocycles. The first-order chi connectivity index (χ1) is 6.34. The van der Waals surface area contributed by atoms with Gasteiger partial charge in [0.05, 0.1) is 6.10 Å². The number of hydrogen-bond acceptors (Lipinski definition) is 2. The normalized spacial score (nSPS) is 50.5. The van der Waals surface area contributed by atoms with Crippen LogP contribution in [0.4, 0.5) is 0 Å². The van der Waals surface area contributed by atoms with E-state index in [2.05, 4.69) is 4.90 Å². The molecule has 2 nitrogen and oxygen atoms in total. The third-order valence-corrected chi connectivity index (χ3v) is 4.20. The summed E-state index contributed by atoms with van der Waals surface area (Å²) >= 11 is 0. The maximum Gasteiger partial charge on any atom is 0.0667 e. The van der Waals surface area contributed by atoms with Gasteiger partial charge in [-0.25, -0.2) is 0 Å². The monoisotopic (exact) mass is 181 g/mol. The highest BCUT2D eigenvalue weighted by Gasteiger charge is 2.50. The Labute approximate surface area is 79.9 Å². The lowest BCUT2D eigenvalue weighted by atomic mass is 10.0. The molecular formula is C11H19NO. The third-order valence-electron chi connectivity index (χ3n) is 4.20. The molecule has 3 rings (SSSR count). The molecule has 1 aliphatic heterocycles. The van der Waals surface area contributed by atoms with Gasteiger partial charge in [-0.15, -0.1) is 0 Å². The van der Waals surface area contributed by atoms with Gasteiger partial charge in [0.2, 0.25) is 0 Å². The van der Waals surface area contributed by atoms with Crippen LogP contribution in [0.1, 0.15) is 32.1 Å². The van der Waals surface area contributed by atoms with E-state index in [1.807, 2.05) is 0 Å². The summed E-state index contributed by atoms with van der Waals surface area (Å²) in [6.45, 7) is 2.19. The molecule has 0 amide bonds. The van der Waals surface area contributed by atoms with Crippen LogP contribution in [-0.4, -0.2) is 35.2 Å². The maximum atomic E-state index is 9.60. The van der Waals surface area contributed by atoms with Crippen molar-refractivity contribution in [2.75, 3.05) is 13.1 Å². The number of aliphatic hydroxyl groups is 1. The number of aliphatic hydroxyl groups excluding tert-OH is 1. The van der Waals surface area contributed by atoms with Gasteiger partial charge >= 0.3 is 0 Å². The minimum Gasteiger partial charge on any atom is -0.392 e. The molecule has 2 aliphatic carbocycles. The SMILES string of the molecule is OC1CCCN(C2CCC3CC32)C1. The zero-order valence-corrected chi connectivity index (χ0v) is 8.15. The summed E-state index contributed by atoms with van der Waals surface area (Å²) in [5, 5.41) is 9.60. The van der Waals surface area contributed by atoms with Crippen molar-refractivity contribution in [1.82, 2.24) is 4.90 Å². The van der Waals surface area contributed by atoms with E-state index in [1.165, 1.54) is 32.2 Å². The van der Waals surface area contributed by atoms with Gasteiger partial charge in [-0.05, 0) is 50.5 Å². The number of hydrogen-bond donors (Lipinski definition) is 1. The molecule has 3 fully saturated rings. The first-order valence-corrected chi connectivity index (χ1v) is 5.77. The first-order valence-electron chi connectivity index (χ1n) is 5.77. The van der Waals surface area contributed by atoms with E-state index in [1.54, 1.807) is 0 Å². The van der Waals surface area contributed by atoms with Crippen LogP contribution in [0.3, 0.4) is 0 Å². The van der Waals surface area contributed by atoms with E-state index in [4.69, 9.17) is 0 Å². The van der Waals surface area contributed by atoms with E-state index < -0.39 is 0 Å². The summed E-state index contributed by atoms with van der Waals surface area (Å²) in [4.78, 5) is 2.56. The molecule has 13 heavy (non-hydrogen) atoms. The highest BCUT2D eigenvalue weighted by atomic mass is 16.3. The van der Waals surface area contributed by atoms with Crippen molar-refractivity contribution < 1.29 is 5.11 Å². The molecule has 1 N–H and O–H groups in total. The Morgan fingerprint density at radius 2 is 2.08 bits per heavy atom. The van der Waals surface area contributed by atoms with Crippen molar-refractivity contribution in [1.29, 1.82) is 0 Å². The average molecular weight is 181 g/mol. The van der Waals surface area contributed by atoms with Gasteiger partial charge in [-0.2, -0.15) is 0 Å². The molecule has 0 bridgehead atoms. The second-order valence-corrected chi connectivity index (χ2v) is 5.10. The predicted octanol–water partition coefficient (Wildman–Crippen LogP) is 1.24. The smallest absolute Gasteiger partial charge is 0.0667 e. The Morgan fingerprint density at radius 3 is 2.69 bits per heavy atom. The van der Waals surface area contributed by atoms with Crippen molar-refractivity contribution in [3.05, 3.63) is 0 Å². The highest BCUT2D eigenvalue weighted by Crippen LogP contribution is 2.53. The van der Waals surface area contributed by atoms with Crippen molar-refractivity contribution in [3.8, 4) is 0 Å². The molecule has 3 aliphatic rings. The maximum absolute atomic E-state index is 9.60. The summed E-state index contributed by atoms with van der Waals surface area (Å²) in [6.07, 6.45) is 6.54. The molecule has 0 spiro atoms. The lowest BCUT2D eigenvalue weighted by Gasteiger charge is -2.35. The van der Waals surface area contributed by atoms with E-state index in [0.717, 1.165) is 30.8 Å². The quantitative estimate of drug-likeness (QED) is 0.658. The zero-order valence-electron chi connectivity index (χ0n) is 8.15. The van der Waals surface area contributed by atoms with Gasteiger partial charge in [0.1, 0.15) is 0 Å². The summed E-state index contributed by atoms with van der Waals surface area (Å²) in [7, 11) is 0. The average Bonchev–Trinajstić information content (AvgIpc) is 2.78. The predicted molar refractivity (Wildman–Crippen MR) is 51.4 cm³/mol. The Balaban J connectivity index is 1.63. The molecule has 2 heteroatoms. The van der Waals surface area contributed by atoms with Crippen molar-refractivity contribution >= 4 is 0 Å². The summed E-state index contributed by atoms with van der Waals surface area (Å²) < 4.78 is 0. The summed E-state index contributed by atoms with van der Waals surface area (Å²) in [6, 6.07) is 0.847. The van der Waals surface area contributed by atoms with Crippen LogP contribution in [0.15, 0.2) is 0 Å². The molecule has 4 unspecified atom stereocenters. The lowest BCUT2D eigenvalue weighted by Crippen LogP contribution is -2.44. The van der Waals surface area contributed by atoms with Crippen LogP contribution in [0, 0.1) is 11.8 Å². The van der Waals surface area contributed by atoms with Crippen LogP contribution < -0.4 is 0 Å². The Bertz CT molecular complexity index is 206. The van der Waals surface area contributed by atoms with Crippen LogP contribution in [0.5, 0.6) is 0 Å². The second kappa shape index (κ2) is 2.96. The van der Waals surface area contributed by atoms with E-state index in [-0.39, 0.29) is 6.10 Å². The van der Waals surface area contributed by atoms with Gasteiger partial charge in [0, 0.05) is 12.6 Å². The molecular weight excluding hydrogens is 162 g/mol. The molecule has 0 aromatic heterocycles. The van der Waals surface area contributed by atoms with Crippen molar-refractivity contribution in [2.24, 2.45) is 11.8 Å². The molecule has 1 heterocycles. The van der Waals surface area contributed by atoms with E-state index in [0.29, 0.717) is 0 Å². The van der Waals surface area contributed by atoms with Gasteiger partial charge in [0.15, 0.2) is 0 Å². The third kappa shape index (κ3) is 1.40. The lowest BCUT2D eigenvalue weighted by molar-refractivity contribution is 0.0424. The zero-order chi connectivity index (χ0) is 8.84. The van der Waals surface area contributed by atoms with E-state index >= 15 is 0 Å². The van der Waals surface area contributed by atoms with Gasteiger partial charge in [-0.3, -0.25) is 4.90 Å². The van der Waals surface area contributed by atoms with Crippen LogP contribution in [-0.2, 0) is 0 Å². The minimum atomic E-state index is -0.0356.